The van der Waals surface area contributed by atoms with Gasteiger partial charge in [-0.25, -0.2) is 9.97 Å². The molecule has 0 spiro atoms. The molecule has 2 aromatic heterocycles. The largest absolute Gasteiger partial charge is 0.474 e. The van der Waals surface area contributed by atoms with Crippen molar-refractivity contribution >= 4 is 28.4 Å². The lowest BCUT2D eigenvalue weighted by Gasteiger charge is -2.17. The highest BCUT2D eigenvalue weighted by Gasteiger charge is 2.22. The number of nitrogens with one attached hydrogen (secondary N) is 1. The van der Waals surface area contributed by atoms with Crippen molar-refractivity contribution in [3.05, 3.63) is 18.1 Å². The first-order valence-corrected chi connectivity index (χ1v) is 6.59. The van der Waals surface area contributed by atoms with Crippen molar-refractivity contribution in [1.29, 1.82) is 0 Å². The Morgan fingerprint density at radius 1 is 1.55 bits per heavy atom. The molecule has 0 radical (unpaired) electrons. The van der Waals surface area contributed by atoms with Gasteiger partial charge in [-0.15, -0.1) is 11.6 Å². The zero-order valence-corrected chi connectivity index (χ0v) is 12.2. The first kappa shape index (κ1) is 14.7. The van der Waals surface area contributed by atoms with Crippen LogP contribution in [0.1, 0.15) is 31.1 Å². The van der Waals surface area contributed by atoms with Crippen LogP contribution in [0.4, 0.5) is 0 Å². The molecule has 1 unspecified atom stereocenters. The number of Topliss-reactive ketones (excluding diaryl/α,β-unsaturated/α-hetero) is 1. The Kier molecular flexibility index (Phi) is 3.96. The van der Waals surface area contributed by atoms with Gasteiger partial charge in [0, 0.05) is 6.20 Å². The Labute approximate surface area is 121 Å². The van der Waals surface area contributed by atoms with Gasteiger partial charge < -0.3 is 14.8 Å². The van der Waals surface area contributed by atoms with E-state index in [2.05, 4.69) is 15.0 Å². The summed E-state index contributed by atoms with van der Waals surface area (Å²) in [6, 6.07) is 0. The zero-order valence-electron chi connectivity index (χ0n) is 11.5. The second-order valence-electron chi connectivity index (χ2n) is 5.19. The lowest BCUT2D eigenvalue weighted by molar-refractivity contribution is 0.0274. The number of ketones is 1. The maximum Gasteiger partial charge on any atom is 0.226 e. The summed E-state index contributed by atoms with van der Waals surface area (Å²) in [6.45, 7) is 4.89. The third-order valence-corrected chi connectivity index (χ3v) is 2.82. The number of ether oxygens (including phenoxy) is 1. The van der Waals surface area contributed by atoms with E-state index in [0.29, 0.717) is 16.6 Å². The number of halogens is 1. The first-order chi connectivity index (χ1) is 9.29. The van der Waals surface area contributed by atoms with E-state index in [-0.39, 0.29) is 18.3 Å². The molecule has 0 bridgehead atoms. The van der Waals surface area contributed by atoms with Crippen molar-refractivity contribution in [3.8, 4) is 5.88 Å². The maximum atomic E-state index is 12.1. The van der Waals surface area contributed by atoms with Crippen molar-refractivity contribution in [2.75, 3.05) is 6.61 Å². The second kappa shape index (κ2) is 5.38. The number of carbonyl (C=O) groups is 1. The van der Waals surface area contributed by atoms with Gasteiger partial charge in [0.05, 0.1) is 21.9 Å². The molecule has 0 aliphatic rings. The Morgan fingerprint density at radius 3 is 2.85 bits per heavy atom. The molecule has 0 saturated heterocycles. The van der Waals surface area contributed by atoms with Crippen LogP contribution in [0.2, 0.25) is 0 Å². The number of hydrogen-bond acceptors (Lipinski definition) is 5. The SMILES string of the molecule is CC(Cl)C(=O)c1c[nH]c2ncnc(OCC(C)(C)O)c12. The summed E-state index contributed by atoms with van der Waals surface area (Å²) in [5.41, 5.74) is -0.127. The van der Waals surface area contributed by atoms with Crippen LogP contribution < -0.4 is 4.74 Å². The number of aromatic amines is 1. The monoisotopic (exact) mass is 297 g/mol. The predicted octanol–water partition coefficient (Wildman–Crippen LogP) is 1.92. The van der Waals surface area contributed by atoms with E-state index in [1.54, 1.807) is 20.8 Å². The average Bonchev–Trinajstić information content (AvgIpc) is 2.78. The van der Waals surface area contributed by atoms with Crippen LogP contribution in [-0.2, 0) is 0 Å². The minimum absolute atomic E-state index is 0.0500. The van der Waals surface area contributed by atoms with E-state index in [1.165, 1.54) is 12.5 Å². The van der Waals surface area contributed by atoms with Gasteiger partial charge in [0.1, 0.15) is 18.6 Å². The lowest BCUT2D eigenvalue weighted by Crippen LogP contribution is -2.28. The standard InChI is InChI=1S/C13H16ClN3O3/c1-7(14)10(18)8-4-15-11-9(8)12(17-6-16-11)20-5-13(2,3)19/h4,6-7,19H,5H2,1-3H3,(H,15,16,17). The molecule has 6 nitrogen and oxygen atoms in total. The van der Waals surface area contributed by atoms with Crippen LogP contribution in [-0.4, -0.2) is 43.4 Å². The fourth-order valence-electron chi connectivity index (χ4n) is 1.70. The Morgan fingerprint density at radius 2 is 2.25 bits per heavy atom. The molecule has 7 heteroatoms. The quantitative estimate of drug-likeness (QED) is 0.650. The van der Waals surface area contributed by atoms with Crippen LogP contribution in [0.15, 0.2) is 12.5 Å². The zero-order chi connectivity index (χ0) is 14.9. The average molecular weight is 298 g/mol. The van der Waals surface area contributed by atoms with Crippen LogP contribution in [0.3, 0.4) is 0 Å². The first-order valence-electron chi connectivity index (χ1n) is 6.15. The summed E-state index contributed by atoms with van der Waals surface area (Å²) in [4.78, 5) is 23.0. The summed E-state index contributed by atoms with van der Waals surface area (Å²) in [7, 11) is 0. The topological polar surface area (TPSA) is 88.1 Å². The van der Waals surface area contributed by atoms with Crippen molar-refractivity contribution in [2.24, 2.45) is 0 Å². The number of H-pyrrole nitrogens is 1. The number of hydrogen-bond donors (Lipinski definition) is 2. The summed E-state index contributed by atoms with van der Waals surface area (Å²) in [5, 5.41) is 9.53. The van der Waals surface area contributed by atoms with Crippen molar-refractivity contribution in [3.63, 3.8) is 0 Å². The van der Waals surface area contributed by atoms with Gasteiger partial charge in [-0.05, 0) is 20.8 Å². The molecular formula is C13H16ClN3O3. The number of carbonyl (C=O) groups excluding carboxylic acids is 1. The van der Waals surface area contributed by atoms with Crippen molar-refractivity contribution in [2.45, 2.75) is 31.7 Å². The van der Waals surface area contributed by atoms with Crippen LogP contribution in [0, 0.1) is 0 Å². The molecule has 20 heavy (non-hydrogen) atoms. The van der Waals surface area contributed by atoms with Crippen LogP contribution >= 0.6 is 11.6 Å². The van der Waals surface area contributed by atoms with E-state index >= 15 is 0 Å². The van der Waals surface area contributed by atoms with Gasteiger partial charge in [0.2, 0.25) is 5.88 Å². The van der Waals surface area contributed by atoms with Crippen LogP contribution in [0.5, 0.6) is 5.88 Å². The van der Waals surface area contributed by atoms with Gasteiger partial charge >= 0.3 is 0 Å². The number of fused-ring (bicyclic) bond motifs is 1. The van der Waals surface area contributed by atoms with E-state index in [9.17, 15) is 9.90 Å². The molecule has 0 aliphatic heterocycles. The molecule has 108 valence electrons. The molecule has 1 atom stereocenters. The number of aromatic nitrogens is 3. The summed E-state index contributed by atoms with van der Waals surface area (Å²) >= 11 is 5.84. The highest BCUT2D eigenvalue weighted by Crippen LogP contribution is 2.27. The van der Waals surface area contributed by atoms with E-state index in [4.69, 9.17) is 16.3 Å². The van der Waals surface area contributed by atoms with Gasteiger partial charge in [-0.1, -0.05) is 0 Å². The smallest absolute Gasteiger partial charge is 0.226 e. The van der Waals surface area contributed by atoms with Gasteiger partial charge in [0.15, 0.2) is 5.78 Å². The minimum Gasteiger partial charge on any atom is -0.474 e. The molecule has 2 N–H and O–H groups in total. The van der Waals surface area contributed by atoms with E-state index < -0.39 is 11.0 Å². The number of alkyl halides is 1. The minimum atomic E-state index is -1.00. The molecule has 0 aliphatic carbocycles. The van der Waals surface area contributed by atoms with E-state index in [0.717, 1.165) is 0 Å². The molecule has 0 fully saturated rings. The summed E-state index contributed by atoms with van der Waals surface area (Å²) < 4.78 is 5.50. The summed E-state index contributed by atoms with van der Waals surface area (Å²) in [6.07, 6.45) is 2.87. The Bertz CT molecular complexity index is 631. The number of rotatable bonds is 5. The summed E-state index contributed by atoms with van der Waals surface area (Å²) in [5.74, 6) is 0.0138. The van der Waals surface area contributed by atoms with Gasteiger partial charge in [0.25, 0.3) is 0 Å². The predicted molar refractivity (Wildman–Crippen MR) is 75.3 cm³/mol. The molecule has 2 aromatic rings. The molecule has 2 heterocycles. The molecule has 0 aromatic carbocycles. The van der Waals surface area contributed by atoms with Crippen LogP contribution in [0.25, 0.3) is 11.0 Å². The third kappa shape index (κ3) is 3.08. The highest BCUT2D eigenvalue weighted by molar-refractivity contribution is 6.35. The molecule has 0 amide bonds. The number of aliphatic hydroxyl groups is 1. The molecular weight excluding hydrogens is 282 g/mol. The highest BCUT2D eigenvalue weighted by atomic mass is 35.5. The lowest BCUT2D eigenvalue weighted by atomic mass is 10.1. The Hall–Kier alpha value is -1.66. The van der Waals surface area contributed by atoms with E-state index in [1.807, 2.05) is 0 Å². The van der Waals surface area contributed by atoms with Gasteiger partial charge in [-0.3, -0.25) is 4.79 Å². The molecule has 2 rings (SSSR count). The van der Waals surface area contributed by atoms with Crippen molar-refractivity contribution < 1.29 is 14.6 Å². The molecule has 0 saturated carbocycles. The number of nitrogens with zero attached hydrogens (tertiary/aromatic N) is 2. The van der Waals surface area contributed by atoms with Crippen molar-refractivity contribution in [1.82, 2.24) is 15.0 Å². The van der Waals surface area contributed by atoms with Gasteiger partial charge in [-0.2, -0.15) is 0 Å². The fraction of sp³-hybridized carbons (Fsp3) is 0.462. The Balaban J connectivity index is 2.44. The normalized spacial score (nSPS) is 13.4. The third-order valence-electron chi connectivity index (χ3n) is 2.62. The fourth-order valence-corrected chi connectivity index (χ4v) is 1.81. The second-order valence-corrected chi connectivity index (χ2v) is 5.84. The maximum absolute atomic E-state index is 12.1.